The van der Waals surface area contributed by atoms with E-state index in [1.54, 1.807) is 18.2 Å². The Morgan fingerprint density at radius 1 is 1.00 bits per heavy atom. The van der Waals surface area contributed by atoms with Crippen molar-refractivity contribution >= 4 is 40.3 Å². The molecule has 3 nitrogen and oxygen atoms in total. The summed E-state index contributed by atoms with van der Waals surface area (Å²) in [6.07, 6.45) is 0. The summed E-state index contributed by atoms with van der Waals surface area (Å²) in [5, 5.41) is 4.58. The molecule has 2 rings (SSSR count). The Labute approximate surface area is 122 Å². The Kier molecular flexibility index (Phi) is 4.08. The number of nitrogens with two attached hydrogens (primary N) is 2. The third kappa shape index (κ3) is 3.25. The second-order valence-electron chi connectivity index (χ2n) is 4.38. The van der Waals surface area contributed by atoms with Crippen molar-refractivity contribution in [1.82, 2.24) is 0 Å². The van der Waals surface area contributed by atoms with Crippen LogP contribution in [0.1, 0.15) is 18.5 Å². The van der Waals surface area contributed by atoms with Crippen molar-refractivity contribution in [3.63, 3.8) is 0 Å². The molecular formula is C14H15Cl2N3. The van der Waals surface area contributed by atoms with Gasteiger partial charge < -0.3 is 16.8 Å². The molecule has 19 heavy (non-hydrogen) atoms. The number of halogens is 2. The molecule has 1 unspecified atom stereocenters. The smallest absolute Gasteiger partial charge is 0.0568 e. The minimum absolute atomic E-state index is 0.0350. The van der Waals surface area contributed by atoms with Crippen molar-refractivity contribution < 1.29 is 0 Å². The highest BCUT2D eigenvalue weighted by Crippen LogP contribution is 2.29. The number of benzene rings is 2. The van der Waals surface area contributed by atoms with E-state index < -0.39 is 0 Å². The molecule has 2 aromatic rings. The third-order valence-corrected chi connectivity index (χ3v) is 3.46. The zero-order valence-electron chi connectivity index (χ0n) is 10.5. The molecule has 0 saturated heterocycles. The van der Waals surface area contributed by atoms with Crippen molar-refractivity contribution in [2.75, 3.05) is 16.8 Å². The van der Waals surface area contributed by atoms with E-state index in [0.717, 1.165) is 11.3 Å². The van der Waals surface area contributed by atoms with Crippen LogP contribution in [0.3, 0.4) is 0 Å². The van der Waals surface area contributed by atoms with Crippen LogP contribution in [-0.4, -0.2) is 0 Å². The number of nitrogens with one attached hydrogen (secondary N) is 1. The van der Waals surface area contributed by atoms with Crippen molar-refractivity contribution in [2.24, 2.45) is 0 Å². The fraction of sp³-hybridized carbons (Fsp3) is 0.143. The maximum atomic E-state index is 6.18. The molecule has 100 valence electrons. The first-order chi connectivity index (χ1) is 8.97. The number of hydrogen-bond acceptors (Lipinski definition) is 3. The van der Waals surface area contributed by atoms with Crippen molar-refractivity contribution in [3.8, 4) is 0 Å². The van der Waals surface area contributed by atoms with E-state index in [0.29, 0.717) is 21.4 Å². The standard InChI is InChI=1S/C14H15Cl2N3/c1-8(11-4-2-9(15)6-12(11)16)19-10-3-5-13(17)14(18)7-10/h2-8,19H,17-18H2,1H3. The molecule has 0 aliphatic carbocycles. The van der Waals surface area contributed by atoms with E-state index in [-0.39, 0.29) is 6.04 Å². The summed E-state index contributed by atoms with van der Waals surface area (Å²) in [5.74, 6) is 0. The fourth-order valence-corrected chi connectivity index (χ4v) is 2.42. The van der Waals surface area contributed by atoms with Crippen molar-refractivity contribution in [1.29, 1.82) is 0 Å². The first-order valence-corrected chi connectivity index (χ1v) is 6.59. The van der Waals surface area contributed by atoms with Gasteiger partial charge in [0.05, 0.1) is 11.4 Å². The van der Waals surface area contributed by atoms with Crippen LogP contribution >= 0.6 is 23.2 Å². The van der Waals surface area contributed by atoms with Gasteiger partial charge in [-0.2, -0.15) is 0 Å². The van der Waals surface area contributed by atoms with Crippen LogP contribution in [0.5, 0.6) is 0 Å². The molecule has 1 atom stereocenters. The second-order valence-corrected chi connectivity index (χ2v) is 5.22. The average Bonchev–Trinajstić information content (AvgIpc) is 2.33. The largest absolute Gasteiger partial charge is 0.397 e. The van der Waals surface area contributed by atoms with Gasteiger partial charge in [0.15, 0.2) is 0 Å². The topological polar surface area (TPSA) is 64.1 Å². The van der Waals surface area contributed by atoms with Gasteiger partial charge in [0.1, 0.15) is 0 Å². The Hall–Kier alpha value is -1.58. The minimum atomic E-state index is 0.0350. The lowest BCUT2D eigenvalue weighted by molar-refractivity contribution is 0.885. The first kappa shape index (κ1) is 13.8. The summed E-state index contributed by atoms with van der Waals surface area (Å²) in [4.78, 5) is 0. The SMILES string of the molecule is CC(Nc1ccc(N)c(N)c1)c1ccc(Cl)cc1Cl. The van der Waals surface area contributed by atoms with Gasteiger partial charge in [-0.15, -0.1) is 0 Å². The molecule has 0 fully saturated rings. The summed E-state index contributed by atoms with van der Waals surface area (Å²) < 4.78 is 0. The molecule has 0 radical (unpaired) electrons. The lowest BCUT2D eigenvalue weighted by Crippen LogP contribution is -2.08. The van der Waals surface area contributed by atoms with Gasteiger partial charge in [0.2, 0.25) is 0 Å². The summed E-state index contributed by atoms with van der Waals surface area (Å²) >= 11 is 12.1. The summed E-state index contributed by atoms with van der Waals surface area (Å²) in [6, 6.07) is 10.9. The second kappa shape index (κ2) is 5.59. The van der Waals surface area contributed by atoms with Gasteiger partial charge in [-0.1, -0.05) is 29.3 Å². The van der Waals surface area contributed by atoms with Gasteiger partial charge in [0.25, 0.3) is 0 Å². The highest BCUT2D eigenvalue weighted by atomic mass is 35.5. The maximum absolute atomic E-state index is 6.18. The molecule has 0 spiro atoms. The van der Waals surface area contributed by atoms with Crippen LogP contribution in [0.2, 0.25) is 10.0 Å². The number of anilines is 3. The zero-order chi connectivity index (χ0) is 14.0. The minimum Gasteiger partial charge on any atom is -0.397 e. The zero-order valence-corrected chi connectivity index (χ0v) is 12.0. The van der Waals surface area contributed by atoms with Crippen LogP contribution in [0.25, 0.3) is 0 Å². The highest BCUT2D eigenvalue weighted by molar-refractivity contribution is 6.35. The van der Waals surface area contributed by atoms with Gasteiger partial charge in [-0.25, -0.2) is 0 Å². The maximum Gasteiger partial charge on any atom is 0.0568 e. The van der Waals surface area contributed by atoms with E-state index in [2.05, 4.69) is 5.32 Å². The van der Waals surface area contributed by atoms with Crippen LogP contribution in [-0.2, 0) is 0 Å². The van der Waals surface area contributed by atoms with Crippen molar-refractivity contribution in [2.45, 2.75) is 13.0 Å². The predicted molar refractivity (Wildman–Crippen MR) is 83.8 cm³/mol. The Balaban J connectivity index is 2.20. The van der Waals surface area contributed by atoms with E-state index >= 15 is 0 Å². The number of rotatable bonds is 3. The van der Waals surface area contributed by atoms with Gasteiger partial charge in [-0.05, 0) is 42.8 Å². The molecule has 2 aromatic carbocycles. The summed E-state index contributed by atoms with van der Waals surface area (Å²) in [6.45, 7) is 2.02. The monoisotopic (exact) mass is 295 g/mol. The number of nitrogen functional groups attached to an aromatic ring is 2. The van der Waals surface area contributed by atoms with Crippen LogP contribution in [0.15, 0.2) is 36.4 Å². The molecule has 0 amide bonds. The van der Waals surface area contributed by atoms with E-state index in [1.807, 2.05) is 25.1 Å². The molecule has 5 heteroatoms. The molecule has 0 bridgehead atoms. The fourth-order valence-electron chi connectivity index (χ4n) is 1.84. The first-order valence-electron chi connectivity index (χ1n) is 5.84. The third-order valence-electron chi connectivity index (χ3n) is 2.90. The summed E-state index contributed by atoms with van der Waals surface area (Å²) in [5.41, 5.74) is 14.5. The van der Waals surface area contributed by atoms with Gasteiger partial charge in [0, 0.05) is 21.8 Å². The van der Waals surface area contributed by atoms with E-state index in [9.17, 15) is 0 Å². The predicted octanol–water partition coefficient (Wildman–Crippen LogP) is 4.33. The van der Waals surface area contributed by atoms with Gasteiger partial charge >= 0.3 is 0 Å². The number of hydrogen-bond donors (Lipinski definition) is 3. The molecule has 0 heterocycles. The molecule has 0 aromatic heterocycles. The lowest BCUT2D eigenvalue weighted by atomic mass is 10.1. The van der Waals surface area contributed by atoms with Crippen LogP contribution < -0.4 is 16.8 Å². The normalized spacial score (nSPS) is 12.2. The van der Waals surface area contributed by atoms with E-state index in [1.165, 1.54) is 0 Å². The Morgan fingerprint density at radius 2 is 1.74 bits per heavy atom. The van der Waals surface area contributed by atoms with Crippen LogP contribution in [0.4, 0.5) is 17.1 Å². The summed E-state index contributed by atoms with van der Waals surface area (Å²) in [7, 11) is 0. The van der Waals surface area contributed by atoms with Crippen molar-refractivity contribution in [3.05, 3.63) is 52.0 Å². The quantitative estimate of drug-likeness (QED) is 0.739. The highest BCUT2D eigenvalue weighted by Gasteiger charge is 2.10. The Bertz CT molecular complexity index is 599. The molecule has 0 aliphatic heterocycles. The molecule has 0 aliphatic rings. The molecule has 5 N–H and O–H groups in total. The van der Waals surface area contributed by atoms with Gasteiger partial charge in [-0.3, -0.25) is 0 Å². The van der Waals surface area contributed by atoms with E-state index in [4.69, 9.17) is 34.7 Å². The average molecular weight is 296 g/mol. The van der Waals surface area contributed by atoms with Crippen LogP contribution in [0, 0.1) is 0 Å². The lowest BCUT2D eigenvalue weighted by Gasteiger charge is -2.18. The Morgan fingerprint density at radius 3 is 2.37 bits per heavy atom. The molecular weight excluding hydrogens is 281 g/mol. The molecule has 0 saturated carbocycles.